The van der Waals surface area contributed by atoms with Crippen LogP contribution in [-0.4, -0.2) is 66.2 Å². The van der Waals surface area contributed by atoms with Crippen molar-refractivity contribution in [3.05, 3.63) is 64.7 Å². The Morgan fingerprint density at radius 2 is 2.13 bits per heavy atom. The highest BCUT2D eigenvalue weighted by Gasteiger charge is 2.66. The average molecular weight is 513 g/mol. The van der Waals surface area contributed by atoms with Crippen LogP contribution in [0.4, 0.5) is 0 Å². The summed E-state index contributed by atoms with van der Waals surface area (Å²) in [5.74, 6) is 7.73. The molecule has 5 atom stereocenters. The molecule has 2 aromatic rings. The first-order valence-electron chi connectivity index (χ1n) is 13.6. The van der Waals surface area contributed by atoms with E-state index in [-0.39, 0.29) is 29.2 Å². The van der Waals surface area contributed by atoms with Crippen LogP contribution in [0.25, 0.3) is 0 Å². The van der Waals surface area contributed by atoms with E-state index in [9.17, 15) is 9.90 Å². The number of carbonyl (C=O) groups excluding carboxylic acids is 1. The van der Waals surface area contributed by atoms with Gasteiger partial charge in [0.1, 0.15) is 11.9 Å². The number of hydrogen-bond acceptors (Lipinski definition) is 5. The molecule has 6 nitrogen and oxygen atoms in total. The second-order valence-corrected chi connectivity index (χ2v) is 11.4. The van der Waals surface area contributed by atoms with Crippen molar-refractivity contribution in [2.24, 2.45) is 5.92 Å². The third-order valence-electron chi connectivity index (χ3n) is 9.71. The van der Waals surface area contributed by atoms with Gasteiger partial charge in [-0.05, 0) is 75.3 Å². The fourth-order valence-electron chi connectivity index (χ4n) is 7.78. The largest absolute Gasteiger partial charge is 0.508 e. The van der Waals surface area contributed by atoms with Crippen molar-refractivity contribution in [2.75, 3.05) is 27.2 Å². The SMILES string of the molecule is C=CCN1CC[C@]23c4c5c(O)cc(OC)c4O[C@H]2[C@H](N(C)C(=O)C#Cc2ccc(C)c(C)c2)CC[C@H]3[C@H]1C5. The molecule has 198 valence electrons. The second kappa shape index (κ2) is 9.10. The summed E-state index contributed by atoms with van der Waals surface area (Å²) in [6, 6.07) is 7.89. The number of likely N-dealkylation sites (N-methyl/N-ethyl adjacent to an activating group) is 1. The topological polar surface area (TPSA) is 62.2 Å². The first-order valence-corrected chi connectivity index (χ1v) is 13.6. The number of aromatic hydroxyl groups is 1. The maximum Gasteiger partial charge on any atom is 0.298 e. The number of hydrogen-bond donors (Lipinski definition) is 1. The van der Waals surface area contributed by atoms with E-state index in [0.29, 0.717) is 17.7 Å². The van der Waals surface area contributed by atoms with Crippen LogP contribution >= 0.6 is 0 Å². The van der Waals surface area contributed by atoms with E-state index in [1.165, 1.54) is 5.56 Å². The number of phenols is 1. The molecule has 4 aliphatic rings. The Bertz CT molecular complexity index is 1390. The quantitative estimate of drug-likeness (QED) is 0.493. The minimum atomic E-state index is -0.268. The summed E-state index contributed by atoms with van der Waals surface area (Å²) < 4.78 is 12.5. The summed E-state index contributed by atoms with van der Waals surface area (Å²) in [6.45, 7) is 9.87. The van der Waals surface area contributed by atoms with Crippen molar-refractivity contribution in [3.63, 3.8) is 0 Å². The number of piperidine rings is 1. The van der Waals surface area contributed by atoms with Crippen LogP contribution in [0.15, 0.2) is 36.9 Å². The number of likely N-dealkylation sites (tertiary alicyclic amines) is 1. The molecule has 6 rings (SSSR count). The molecule has 2 fully saturated rings. The summed E-state index contributed by atoms with van der Waals surface area (Å²) in [5, 5.41) is 11.1. The fourth-order valence-corrected chi connectivity index (χ4v) is 7.78. The Balaban J connectivity index is 1.38. The van der Waals surface area contributed by atoms with E-state index in [1.807, 2.05) is 31.3 Å². The molecule has 0 unspecified atom stereocenters. The molecule has 0 aromatic heterocycles. The Morgan fingerprint density at radius 1 is 1.32 bits per heavy atom. The van der Waals surface area contributed by atoms with Gasteiger partial charge in [0.15, 0.2) is 11.5 Å². The molecule has 1 N–H and O–H groups in total. The van der Waals surface area contributed by atoms with E-state index in [4.69, 9.17) is 9.47 Å². The first kappa shape index (κ1) is 24.9. The van der Waals surface area contributed by atoms with E-state index in [1.54, 1.807) is 18.1 Å². The Kier molecular flexibility index (Phi) is 5.96. The van der Waals surface area contributed by atoms with Gasteiger partial charge < -0.3 is 19.5 Å². The molecule has 2 aromatic carbocycles. The molecular weight excluding hydrogens is 476 g/mol. The van der Waals surface area contributed by atoms with Gasteiger partial charge in [0.25, 0.3) is 5.91 Å². The summed E-state index contributed by atoms with van der Waals surface area (Å²) >= 11 is 0. The Hall–Kier alpha value is -3.43. The number of phenolic OH excluding ortho intramolecular Hbond substituents is 1. The maximum atomic E-state index is 13.4. The van der Waals surface area contributed by atoms with Crippen LogP contribution in [0.2, 0.25) is 0 Å². The molecule has 2 aliphatic carbocycles. The number of carbonyl (C=O) groups is 1. The van der Waals surface area contributed by atoms with Gasteiger partial charge in [0.2, 0.25) is 0 Å². The lowest BCUT2D eigenvalue weighted by Crippen LogP contribution is -2.68. The lowest BCUT2D eigenvalue weighted by Gasteiger charge is -2.60. The number of ether oxygens (including phenoxy) is 2. The number of aryl methyl sites for hydroxylation is 2. The van der Waals surface area contributed by atoms with Gasteiger partial charge in [0, 0.05) is 53.7 Å². The number of benzene rings is 2. The van der Waals surface area contributed by atoms with Crippen LogP contribution in [0.5, 0.6) is 17.2 Å². The maximum absolute atomic E-state index is 13.4. The van der Waals surface area contributed by atoms with Gasteiger partial charge in [-0.1, -0.05) is 18.1 Å². The van der Waals surface area contributed by atoms with E-state index >= 15 is 0 Å². The molecule has 2 heterocycles. The van der Waals surface area contributed by atoms with E-state index in [2.05, 4.69) is 37.2 Å². The number of rotatable bonds is 4. The first-order chi connectivity index (χ1) is 18.3. The molecular formula is C32H36N2O4. The minimum Gasteiger partial charge on any atom is -0.508 e. The van der Waals surface area contributed by atoms with Crippen LogP contribution in [-0.2, 0) is 16.6 Å². The Morgan fingerprint density at radius 3 is 2.87 bits per heavy atom. The van der Waals surface area contributed by atoms with E-state index in [0.717, 1.165) is 66.8 Å². The van der Waals surface area contributed by atoms with Gasteiger partial charge in [-0.15, -0.1) is 6.58 Å². The van der Waals surface area contributed by atoms with Crippen molar-refractivity contribution < 1.29 is 19.4 Å². The number of nitrogens with zero attached hydrogens (tertiary/aromatic N) is 2. The molecule has 1 spiro atoms. The highest BCUT2D eigenvalue weighted by molar-refractivity contribution is 5.94. The summed E-state index contributed by atoms with van der Waals surface area (Å²) in [6.07, 6.45) is 5.29. The summed E-state index contributed by atoms with van der Waals surface area (Å²) in [5.41, 5.74) is 5.04. The zero-order valence-corrected chi connectivity index (χ0v) is 22.7. The molecule has 1 saturated heterocycles. The van der Waals surface area contributed by atoms with Gasteiger partial charge in [-0.25, -0.2) is 0 Å². The third kappa shape index (κ3) is 3.48. The summed E-state index contributed by atoms with van der Waals surface area (Å²) in [4.78, 5) is 17.7. The zero-order valence-electron chi connectivity index (χ0n) is 22.7. The lowest BCUT2D eigenvalue weighted by atomic mass is 9.51. The monoisotopic (exact) mass is 512 g/mol. The predicted molar refractivity (Wildman–Crippen MR) is 147 cm³/mol. The average Bonchev–Trinajstić information content (AvgIpc) is 3.25. The van der Waals surface area contributed by atoms with E-state index < -0.39 is 0 Å². The molecule has 0 radical (unpaired) electrons. The molecule has 2 bridgehead atoms. The van der Waals surface area contributed by atoms with Gasteiger partial charge >= 0.3 is 0 Å². The van der Waals surface area contributed by atoms with Crippen molar-refractivity contribution in [2.45, 2.75) is 63.1 Å². The van der Waals surface area contributed by atoms with Crippen LogP contribution in [0.3, 0.4) is 0 Å². The molecule has 1 amide bonds. The van der Waals surface area contributed by atoms with Gasteiger partial charge in [-0.2, -0.15) is 0 Å². The van der Waals surface area contributed by atoms with Gasteiger partial charge in [-0.3, -0.25) is 9.69 Å². The normalized spacial score (nSPS) is 28.4. The van der Waals surface area contributed by atoms with Gasteiger partial charge in [0.05, 0.1) is 13.2 Å². The van der Waals surface area contributed by atoms with Crippen LogP contribution in [0, 0.1) is 31.6 Å². The van der Waals surface area contributed by atoms with Crippen LogP contribution in [0.1, 0.15) is 47.1 Å². The van der Waals surface area contributed by atoms with Crippen molar-refractivity contribution in [1.82, 2.24) is 9.80 Å². The lowest BCUT2D eigenvalue weighted by molar-refractivity contribution is -0.134. The Labute approximate surface area is 225 Å². The fraction of sp³-hybridized carbons (Fsp3) is 0.469. The highest BCUT2D eigenvalue weighted by Crippen LogP contribution is 2.65. The number of methoxy groups -OCH3 is 1. The standard InChI is InChI=1S/C32H36N2O4/c1-6-14-34-15-13-32-23-10-11-24(33(4)28(36)12-9-21-8-7-19(2)20(3)16-21)31(32)38-30-27(37-5)18-26(35)22(29(30)32)17-25(23)34/h6-8,16,18,23-25,31,35H,1,10-11,13-15,17H2,2-5H3/t23-,24+,25+,31-,32-/m0/s1. The minimum absolute atomic E-state index is 0.121. The number of amides is 1. The zero-order chi connectivity index (χ0) is 26.8. The van der Waals surface area contributed by atoms with Crippen molar-refractivity contribution >= 4 is 5.91 Å². The molecule has 1 saturated carbocycles. The molecule has 38 heavy (non-hydrogen) atoms. The smallest absolute Gasteiger partial charge is 0.298 e. The van der Waals surface area contributed by atoms with Crippen molar-refractivity contribution in [1.29, 1.82) is 0 Å². The highest BCUT2D eigenvalue weighted by atomic mass is 16.5. The third-order valence-corrected chi connectivity index (χ3v) is 9.71. The molecule has 6 heteroatoms. The predicted octanol–water partition coefficient (Wildman–Crippen LogP) is 4.12. The summed E-state index contributed by atoms with van der Waals surface area (Å²) in [7, 11) is 3.47. The second-order valence-electron chi connectivity index (χ2n) is 11.4. The van der Waals surface area contributed by atoms with Crippen molar-refractivity contribution in [3.8, 4) is 29.1 Å². The van der Waals surface area contributed by atoms with Crippen LogP contribution < -0.4 is 9.47 Å². The molecule has 2 aliphatic heterocycles.